The average molecular weight is 512 g/mol. The first-order valence-corrected chi connectivity index (χ1v) is 14.7. The minimum absolute atomic E-state index is 0.361. The Bertz CT molecular complexity index is 1360. The summed E-state index contributed by atoms with van der Waals surface area (Å²) in [5, 5.41) is 2.65. The molecule has 1 saturated heterocycles. The lowest BCUT2D eigenvalue weighted by molar-refractivity contribution is 0.0366. The van der Waals surface area contributed by atoms with Crippen molar-refractivity contribution in [2.45, 2.75) is 64.6 Å². The van der Waals surface area contributed by atoms with Gasteiger partial charge in [-0.3, -0.25) is 19.8 Å². The van der Waals surface area contributed by atoms with E-state index >= 15 is 0 Å². The van der Waals surface area contributed by atoms with E-state index in [9.17, 15) is 0 Å². The molecule has 1 fully saturated rings. The SMILES string of the molecule is CCCCCN(Cc1nccc2c3ccccc3n(CCN3CCOCC3)c12)C1CCCc2cccnc21. The predicted octanol–water partition coefficient (Wildman–Crippen LogP) is 5.99. The monoisotopic (exact) mass is 511 g/mol. The normalized spacial score (nSPS) is 18.4. The molecule has 0 amide bonds. The van der Waals surface area contributed by atoms with Gasteiger partial charge in [-0.2, -0.15) is 0 Å². The van der Waals surface area contributed by atoms with Crippen molar-refractivity contribution in [2.75, 3.05) is 39.4 Å². The standard InChI is InChI=1S/C32H41N5O/c1-2-3-6-17-36(30-13-7-9-25-10-8-15-34-31(25)30)24-28-32-27(14-16-33-28)26-11-4-5-12-29(26)37(32)19-18-35-20-22-38-23-21-35/h4-5,8,10-12,14-16,30H,2-3,6-7,9,13,17-24H2,1H3. The summed E-state index contributed by atoms with van der Waals surface area (Å²) >= 11 is 0. The van der Waals surface area contributed by atoms with Gasteiger partial charge in [0, 0.05) is 61.4 Å². The second kappa shape index (κ2) is 11.9. The van der Waals surface area contributed by atoms with Crippen LogP contribution >= 0.6 is 0 Å². The van der Waals surface area contributed by atoms with E-state index in [0.717, 1.165) is 58.9 Å². The summed E-state index contributed by atoms with van der Waals surface area (Å²) in [7, 11) is 0. The molecule has 1 aliphatic heterocycles. The number of unbranched alkanes of at least 4 members (excludes halogenated alkanes) is 2. The van der Waals surface area contributed by atoms with Crippen LogP contribution in [0.15, 0.2) is 54.9 Å². The highest BCUT2D eigenvalue weighted by molar-refractivity contribution is 6.08. The second-order valence-corrected chi connectivity index (χ2v) is 10.9. The van der Waals surface area contributed by atoms with Crippen LogP contribution in [0.2, 0.25) is 0 Å². The van der Waals surface area contributed by atoms with Gasteiger partial charge < -0.3 is 9.30 Å². The van der Waals surface area contributed by atoms with Crippen molar-refractivity contribution in [3.05, 3.63) is 71.8 Å². The number of hydrogen-bond donors (Lipinski definition) is 0. The number of hydrogen-bond acceptors (Lipinski definition) is 5. The third kappa shape index (κ3) is 5.22. The summed E-state index contributed by atoms with van der Waals surface area (Å²) < 4.78 is 8.14. The number of rotatable bonds is 10. The van der Waals surface area contributed by atoms with Crippen LogP contribution in [0.5, 0.6) is 0 Å². The molecule has 6 heteroatoms. The molecular weight excluding hydrogens is 470 g/mol. The Balaban J connectivity index is 1.38. The maximum absolute atomic E-state index is 5.59. The molecule has 1 aliphatic carbocycles. The molecule has 1 unspecified atom stereocenters. The van der Waals surface area contributed by atoms with Gasteiger partial charge in [-0.25, -0.2) is 0 Å². The van der Waals surface area contributed by atoms with E-state index in [2.05, 4.69) is 63.8 Å². The van der Waals surface area contributed by atoms with Crippen molar-refractivity contribution in [1.82, 2.24) is 24.3 Å². The van der Waals surface area contributed by atoms with Crippen LogP contribution in [0.25, 0.3) is 21.8 Å². The van der Waals surface area contributed by atoms with Crippen LogP contribution < -0.4 is 0 Å². The highest BCUT2D eigenvalue weighted by atomic mass is 16.5. The molecule has 4 heterocycles. The molecule has 0 radical (unpaired) electrons. The molecule has 2 aliphatic rings. The van der Waals surface area contributed by atoms with E-state index in [0.29, 0.717) is 6.04 Å². The summed E-state index contributed by atoms with van der Waals surface area (Å²) in [5.74, 6) is 0. The molecule has 4 aromatic rings. The topological polar surface area (TPSA) is 46.4 Å². The van der Waals surface area contributed by atoms with Crippen LogP contribution in [0.3, 0.4) is 0 Å². The predicted molar refractivity (Wildman–Crippen MR) is 154 cm³/mol. The number of aromatic nitrogens is 3. The van der Waals surface area contributed by atoms with E-state index in [1.807, 2.05) is 12.4 Å². The fourth-order valence-corrected chi connectivity index (χ4v) is 6.53. The van der Waals surface area contributed by atoms with Gasteiger partial charge in [0.25, 0.3) is 0 Å². The fourth-order valence-electron chi connectivity index (χ4n) is 6.53. The lowest BCUT2D eigenvalue weighted by Crippen LogP contribution is -2.38. The van der Waals surface area contributed by atoms with Crippen molar-refractivity contribution >= 4 is 21.8 Å². The highest BCUT2D eigenvalue weighted by Crippen LogP contribution is 2.36. The Labute approximate surface area is 226 Å². The van der Waals surface area contributed by atoms with Crippen LogP contribution in [-0.2, 0) is 24.2 Å². The number of aryl methyl sites for hydroxylation is 1. The number of ether oxygens (including phenoxy) is 1. The van der Waals surface area contributed by atoms with Crippen LogP contribution in [0, 0.1) is 0 Å². The van der Waals surface area contributed by atoms with E-state index < -0.39 is 0 Å². The van der Waals surface area contributed by atoms with Crippen molar-refractivity contribution < 1.29 is 4.74 Å². The highest BCUT2D eigenvalue weighted by Gasteiger charge is 2.28. The summed E-state index contributed by atoms with van der Waals surface area (Å²) in [6, 6.07) is 15.8. The zero-order valence-electron chi connectivity index (χ0n) is 22.8. The Morgan fingerprint density at radius 3 is 2.74 bits per heavy atom. The lowest BCUT2D eigenvalue weighted by Gasteiger charge is -2.35. The molecule has 3 aromatic heterocycles. The molecule has 38 heavy (non-hydrogen) atoms. The van der Waals surface area contributed by atoms with Crippen molar-refractivity contribution in [3.63, 3.8) is 0 Å². The third-order valence-corrected chi connectivity index (χ3v) is 8.51. The maximum atomic E-state index is 5.59. The van der Waals surface area contributed by atoms with E-state index in [1.54, 1.807) is 0 Å². The smallest absolute Gasteiger partial charge is 0.0787 e. The second-order valence-electron chi connectivity index (χ2n) is 10.9. The molecule has 1 atom stereocenters. The molecule has 6 nitrogen and oxygen atoms in total. The Morgan fingerprint density at radius 1 is 0.947 bits per heavy atom. The molecular formula is C32H41N5O. The first kappa shape index (κ1) is 25.5. The summed E-state index contributed by atoms with van der Waals surface area (Å²) in [5.41, 5.74) is 6.53. The first-order valence-electron chi connectivity index (χ1n) is 14.7. The van der Waals surface area contributed by atoms with Gasteiger partial charge in [-0.15, -0.1) is 0 Å². The molecule has 0 bridgehead atoms. The molecule has 0 N–H and O–H groups in total. The first-order chi connectivity index (χ1) is 18.8. The van der Waals surface area contributed by atoms with Crippen molar-refractivity contribution in [2.24, 2.45) is 0 Å². The molecule has 0 saturated carbocycles. The number of para-hydroxylation sites is 1. The fraction of sp³-hybridized carbons (Fsp3) is 0.500. The maximum Gasteiger partial charge on any atom is 0.0787 e. The largest absolute Gasteiger partial charge is 0.379 e. The van der Waals surface area contributed by atoms with Gasteiger partial charge in [0.05, 0.1) is 36.2 Å². The number of pyridine rings is 2. The number of nitrogens with zero attached hydrogens (tertiary/aromatic N) is 5. The Kier molecular flexibility index (Phi) is 8.00. The number of morpholine rings is 1. The van der Waals surface area contributed by atoms with Gasteiger partial charge in [-0.05, 0) is 56.0 Å². The van der Waals surface area contributed by atoms with Gasteiger partial charge in [0.1, 0.15) is 0 Å². The zero-order chi connectivity index (χ0) is 25.7. The van der Waals surface area contributed by atoms with Crippen molar-refractivity contribution in [3.8, 4) is 0 Å². The van der Waals surface area contributed by atoms with E-state index in [4.69, 9.17) is 14.7 Å². The quantitative estimate of drug-likeness (QED) is 0.245. The molecule has 200 valence electrons. The third-order valence-electron chi connectivity index (χ3n) is 8.51. The number of benzene rings is 1. The molecule has 0 spiro atoms. The summed E-state index contributed by atoms with van der Waals surface area (Å²) in [6.07, 6.45) is 11.2. The zero-order valence-corrected chi connectivity index (χ0v) is 22.8. The molecule has 1 aromatic carbocycles. The Hall–Kier alpha value is -2.80. The minimum Gasteiger partial charge on any atom is -0.379 e. The van der Waals surface area contributed by atoms with Gasteiger partial charge in [0.2, 0.25) is 0 Å². The van der Waals surface area contributed by atoms with E-state index in [1.165, 1.54) is 70.9 Å². The summed E-state index contributed by atoms with van der Waals surface area (Å²) in [6.45, 7) is 9.93. The van der Waals surface area contributed by atoms with Crippen LogP contribution in [0.1, 0.15) is 62.0 Å². The van der Waals surface area contributed by atoms with Gasteiger partial charge >= 0.3 is 0 Å². The van der Waals surface area contributed by atoms with Crippen LogP contribution in [-0.4, -0.2) is 63.7 Å². The molecule has 6 rings (SSSR count). The average Bonchev–Trinajstić information content (AvgIpc) is 3.30. The lowest BCUT2D eigenvalue weighted by atomic mass is 9.90. The van der Waals surface area contributed by atoms with Gasteiger partial charge in [0.15, 0.2) is 0 Å². The van der Waals surface area contributed by atoms with Gasteiger partial charge in [-0.1, -0.05) is 44.0 Å². The van der Waals surface area contributed by atoms with E-state index in [-0.39, 0.29) is 0 Å². The number of fused-ring (bicyclic) bond motifs is 4. The Morgan fingerprint density at radius 2 is 1.84 bits per heavy atom. The van der Waals surface area contributed by atoms with Crippen LogP contribution in [0.4, 0.5) is 0 Å². The summed E-state index contributed by atoms with van der Waals surface area (Å²) in [4.78, 5) is 15.2. The van der Waals surface area contributed by atoms with Crippen molar-refractivity contribution in [1.29, 1.82) is 0 Å². The minimum atomic E-state index is 0.361.